The molecule has 18 heavy (non-hydrogen) atoms. The first-order valence-corrected chi connectivity index (χ1v) is 7.69. The summed E-state index contributed by atoms with van der Waals surface area (Å²) < 4.78 is 5.42. The standard InChI is InChI=1S/C15H28N2O/c1-17(10-14-7-15(18-2)8-16-14)9-13-6-11-3-4-12(13)5-11/h11-16H,3-10H2,1-2H3. The number of hydrogen-bond acceptors (Lipinski definition) is 3. The Bertz CT molecular complexity index is 284. The molecule has 2 saturated carbocycles. The average Bonchev–Trinajstić information content (AvgIpc) is 3.04. The molecule has 0 radical (unpaired) electrons. The van der Waals surface area contributed by atoms with Crippen LogP contribution in [0.25, 0.3) is 0 Å². The van der Waals surface area contributed by atoms with E-state index in [2.05, 4.69) is 17.3 Å². The van der Waals surface area contributed by atoms with Gasteiger partial charge in [0.25, 0.3) is 0 Å². The van der Waals surface area contributed by atoms with Crippen molar-refractivity contribution >= 4 is 0 Å². The fraction of sp³-hybridized carbons (Fsp3) is 1.00. The molecule has 1 saturated heterocycles. The molecule has 2 bridgehead atoms. The Balaban J connectivity index is 1.41. The second-order valence-electron chi connectivity index (χ2n) is 6.85. The van der Waals surface area contributed by atoms with Crippen molar-refractivity contribution in [3.63, 3.8) is 0 Å². The third kappa shape index (κ3) is 2.73. The van der Waals surface area contributed by atoms with E-state index in [4.69, 9.17) is 4.74 Å². The van der Waals surface area contributed by atoms with Gasteiger partial charge in [-0.3, -0.25) is 0 Å². The predicted molar refractivity (Wildman–Crippen MR) is 73.6 cm³/mol. The van der Waals surface area contributed by atoms with E-state index >= 15 is 0 Å². The van der Waals surface area contributed by atoms with E-state index in [1.54, 1.807) is 0 Å². The molecule has 3 rings (SSSR count). The topological polar surface area (TPSA) is 24.5 Å². The Hall–Kier alpha value is -0.120. The van der Waals surface area contributed by atoms with Crippen molar-refractivity contribution in [2.45, 2.75) is 44.2 Å². The first-order valence-electron chi connectivity index (χ1n) is 7.69. The molecular formula is C15H28N2O. The zero-order valence-corrected chi connectivity index (χ0v) is 11.9. The fourth-order valence-electron chi connectivity index (χ4n) is 4.55. The van der Waals surface area contributed by atoms with E-state index in [1.807, 2.05) is 7.11 Å². The summed E-state index contributed by atoms with van der Waals surface area (Å²) in [5.41, 5.74) is 0. The third-order valence-electron chi connectivity index (χ3n) is 5.48. The lowest BCUT2D eigenvalue weighted by atomic mass is 9.88. The summed E-state index contributed by atoms with van der Waals surface area (Å²) in [6.45, 7) is 3.54. The smallest absolute Gasteiger partial charge is 0.0711 e. The van der Waals surface area contributed by atoms with Crippen LogP contribution in [-0.4, -0.2) is 50.8 Å². The van der Waals surface area contributed by atoms with Gasteiger partial charge >= 0.3 is 0 Å². The van der Waals surface area contributed by atoms with E-state index in [0.29, 0.717) is 12.1 Å². The van der Waals surface area contributed by atoms with Gasteiger partial charge in [-0.25, -0.2) is 0 Å². The minimum Gasteiger partial charge on any atom is -0.380 e. The van der Waals surface area contributed by atoms with Gasteiger partial charge < -0.3 is 15.0 Å². The molecule has 0 spiro atoms. The highest BCUT2D eigenvalue weighted by Crippen LogP contribution is 2.48. The zero-order chi connectivity index (χ0) is 12.5. The van der Waals surface area contributed by atoms with E-state index in [0.717, 1.165) is 24.3 Å². The summed E-state index contributed by atoms with van der Waals surface area (Å²) in [5.74, 6) is 3.13. The van der Waals surface area contributed by atoms with E-state index in [9.17, 15) is 0 Å². The lowest BCUT2D eigenvalue weighted by Crippen LogP contribution is -2.38. The summed E-state index contributed by atoms with van der Waals surface area (Å²) >= 11 is 0. The van der Waals surface area contributed by atoms with E-state index in [-0.39, 0.29) is 0 Å². The summed E-state index contributed by atoms with van der Waals surface area (Å²) in [7, 11) is 4.13. The fourth-order valence-corrected chi connectivity index (χ4v) is 4.55. The molecule has 3 fully saturated rings. The van der Waals surface area contributed by atoms with Crippen LogP contribution in [-0.2, 0) is 4.74 Å². The first kappa shape index (κ1) is 12.9. The number of ether oxygens (including phenoxy) is 1. The maximum Gasteiger partial charge on any atom is 0.0711 e. The van der Waals surface area contributed by atoms with Gasteiger partial charge in [0.05, 0.1) is 6.10 Å². The van der Waals surface area contributed by atoms with Gasteiger partial charge in [-0.2, -0.15) is 0 Å². The number of hydrogen-bond donors (Lipinski definition) is 1. The minimum atomic E-state index is 0.436. The van der Waals surface area contributed by atoms with Crippen LogP contribution in [0.1, 0.15) is 32.1 Å². The molecule has 1 N–H and O–H groups in total. The maximum absolute atomic E-state index is 5.42. The average molecular weight is 252 g/mol. The highest BCUT2D eigenvalue weighted by atomic mass is 16.5. The highest BCUT2D eigenvalue weighted by Gasteiger charge is 2.39. The molecule has 1 aliphatic heterocycles. The van der Waals surface area contributed by atoms with Crippen molar-refractivity contribution < 1.29 is 4.74 Å². The first-order chi connectivity index (χ1) is 8.74. The molecular weight excluding hydrogens is 224 g/mol. The molecule has 5 atom stereocenters. The number of methoxy groups -OCH3 is 1. The Kier molecular flexibility index (Phi) is 3.92. The molecule has 0 aromatic rings. The second-order valence-corrected chi connectivity index (χ2v) is 6.85. The molecule has 104 valence electrons. The van der Waals surface area contributed by atoms with Gasteiger partial charge in [-0.05, 0) is 50.5 Å². The third-order valence-corrected chi connectivity index (χ3v) is 5.48. The van der Waals surface area contributed by atoms with Crippen molar-refractivity contribution in [2.24, 2.45) is 17.8 Å². The lowest BCUT2D eigenvalue weighted by Gasteiger charge is -2.28. The number of rotatable bonds is 5. The van der Waals surface area contributed by atoms with Crippen LogP contribution >= 0.6 is 0 Å². The zero-order valence-electron chi connectivity index (χ0n) is 11.9. The number of fused-ring (bicyclic) bond motifs is 2. The summed E-state index contributed by atoms with van der Waals surface area (Å²) in [4.78, 5) is 2.56. The van der Waals surface area contributed by atoms with Gasteiger partial charge in [0.1, 0.15) is 0 Å². The quantitative estimate of drug-likeness (QED) is 0.806. The molecule has 3 nitrogen and oxygen atoms in total. The Morgan fingerprint density at radius 2 is 2.06 bits per heavy atom. The van der Waals surface area contributed by atoms with Gasteiger partial charge in [-0.15, -0.1) is 0 Å². The van der Waals surface area contributed by atoms with Crippen LogP contribution in [0.3, 0.4) is 0 Å². The van der Waals surface area contributed by atoms with Crippen molar-refractivity contribution in [1.29, 1.82) is 0 Å². The van der Waals surface area contributed by atoms with Crippen molar-refractivity contribution in [3.8, 4) is 0 Å². The minimum absolute atomic E-state index is 0.436. The number of likely N-dealkylation sites (N-methyl/N-ethyl adjacent to an activating group) is 1. The van der Waals surface area contributed by atoms with E-state index < -0.39 is 0 Å². The molecule has 5 unspecified atom stereocenters. The lowest BCUT2D eigenvalue weighted by molar-refractivity contribution is 0.115. The van der Waals surface area contributed by atoms with E-state index in [1.165, 1.54) is 45.2 Å². The van der Waals surface area contributed by atoms with Crippen LogP contribution in [0.4, 0.5) is 0 Å². The van der Waals surface area contributed by atoms with Crippen molar-refractivity contribution in [3.05, 3.63) is 0 Å². The maximum atomic E-state index is 5.42. The van der Waals surface area contributed by atoms with Crippen LogP contribution in [0, 0.1) is 17.8 Å². The Morgan fingerprint density at radius 3 is 2.67 bits per heavy atom. The number of nitrogens with one attached hydrogen (secondary N) is 1. The highest BCUT2D eigenvalue weighted by molar-refractivity contribution is 4.92. The van der Waals surface area contributed by atoms with Crippen LogP contribution in [0.15, 0.2) is 0 Å². The summed E-state index contributed by atoms with van der Waals surface area (Å²) in [6.07, 6.45) is 7.68. The molecule has 3 aliphatic rings. The van der Waals surface area contributed by atoms with Gasteiger partial charge in [0.15, 0.2) is 0 Å². The van der Waals surface area contributed by atoms with Gasteiger partial charge in [0, 0.05) is 32.8 Å². The van der Waals surface area contributed by atoms with Crippen LogP contribution < -0.4 is 5.32 Å². The van der Waals surface area contributed by atoms with Crippen molar-refractivity contribution in [2.75, 3.05) is 33.8 Å². The molecule has 0 amide bonds. The SMILES string of the molecule is COC1CNC(CN(C)CC2CC3CCC2C3)C1. The molecule has 0 aromatic heterocycles. The number of nitrogens with zero attached hydrogens (tertiary/aromatic N) is 1. The molecule has 2 aliphatic carbocycles. The molecule has 3 heteroatoms. The molecule has 1 heterocycles. The normalized spacial score (nSPS) is 43.2. The van der Waals surface area contributed by atoms with Gasteiger partial charge in [0.2, 0.25) is 0 Å². The summed E-state index contributed by atoms with van der Waals surface area (Å²) in [5, 5.41) is 3.58. The monoisotopic (exact) mass is 252 g/mol. The Labute approximate surface area is 111 Å². The largest absolute Gasteiger partial charge is 0.380 e. The Morgan fingerprint density at radius 1 is 1.17 bits per heavy atom. The van der Waals surface area contributed by atoms with Crippen LogP contribution in [0.2, 0.25) is 0 Å². The van der Waals surface area contributed by atoms with Crippen LogP contribution in [0.5, 0.6) is 0 Å². The second kappa shape index (κ2) is 5.48. The summed E-state index contributed by atoms with van der Waals surface area (Å²) in [6, 6.07) is 0.638. The van der Waals surface area contributed by atoms with Gasteiger partial charge in [-0.1, -0.05) is 6.42 Å². The molecule has 0 aromatic carbocycles. The van der Waals surface area contributed by atoms with Crippen molar-refractivity contribution in [1.82, 2.24) is 10.2 Å². The predicted octanol–water partition coefficient (Wildman–Crippen LogP) is 1.73.